The Balaban J connectivity index is 2.21. The summed E-state index contributed by atoms with van der Waals surface area (Å²) in [5, 5.41) is 0. The smallest absolute Gasteiger partial charge is 0.0221 e. The van der Waals surface area contributed by atoms with Crippen LogP contribution in [0.4, 0.5) is 0 Å². The first-order valence-electron chi connectivity index (χ1n) is 8.06. The second-order valence-corrected chi connectivity index (χ2v) is 7.66. The highest BCUT2D eigenvalue weighted by Gasteiger charge is 2.47. The third-order valence-electron chi connectivity index (χ3n) is 5.88. The molecule has 2 aliphatic rings. The van der Waals surface area contributed by atoms with Crippen molar-refractivity contribution >= 4 is 0 Å². The minimum absolute atomic E-state index is 0.513. The van der Waals surface area contributed by atoms with Gasteiger partial charge in [-0.1, -0.05) is 65.7 Å². The summed E-state index contributed by atoms with van der Waals surface area (Å²) in [6, 6.07) is 0. The van der Waals surface area contributed by atoms with Crippen LogP contribution < -0.4 is 0 Å². The van der Waals surface area contributed by atoms with Gasteiger partial charge in [0.15, 0.2) is 0 Å². The number of hydrogen-bond acceptors (Lipinski definition) is 0. The lowest BCUT2D eigenvalue weighted by Crippen LogP contribution is -2.43. The Morgan fingerprint density at radius 1 is 0.706 bits per heavy atom. The Bertz CT molecular complexity index is 219. The van der Waals surface area contributed by atoms with Gasteiger partial charge in [-0.25, -0.2) is 0 Å². The number of hydrogen-bond donors (Lipinski definition) is 0. The van der Waals surface area contributed by atoms with Crippen molar-refractivity contribution in [1.82, 2.24) is 0 Å². The molecule has 0 radical (unpaired) electrons. The number of rotatable bonds is 1. The van der Waals surface area contributed by atoms with Crippen LogP contribution in [-0.2, 0) is 0 Å². The van der Waals surface area contributed by atoms with Crippen molar-refractivity contribution in [3.05, 3.63) is 0 Å². The van der Waals surface area contributed by atoms with Gasteiger partial charge in [0.05, 0.1) is 0 Å². The van der Waals surface area contributed by atoms with E-state index >= 15 is 0 Å². The average Bonchev–Trinajstić information content (AvgIpc) is 2.55. The molecule has 0 aromatic rings. The summed E-state index contributed by atoms with van der Waals surface area (Å²) < 4.78 is 0. The van der Waals surface area contributed by atoms with Crippen molar-refractivity contribution in [1.29, 1.82) is 0 Å². The van der Waals surface area contributed by atoms with Gasteiger partial charge in [-0.05, 0) is 42.4 Å². The molecular formula is C17H32. The molecule has 0 aliphatic heterocycles. The Morgan fingerprint density at radius 2 is 1.18 bits per heavy atom. The fourth-order valence-electron chi connectivity index (χ4n) is 4.79. The Morgan fingerprint density at radius 3 is 1.65 bits per heavy atom. The quantitative estimate of drug-likeness (QED) is 0.493. The van der Waals surface area contributed by atoms with E-state index in [1.807, 2.05) is 0 Å². The summed E-state index contributed by atoms with van der Waals surface area (Å²) in [6.45, 7) is 7.56. The standard InChI is InChI=1S/C17H32/c1-16(2,3)17(13-9-4-5-10-14-17)15-11-7-6-8-12-15/h15H,4-14H2,1-3H3. The highest BCUT2D eigenvalue weighted by Crippen LogP contribution is 2.57. The summed E-state index contributed by atoms with van der Waals surface area (Å²) in [7, 11) is 0. The van der Waals surface area contributed by atoms with E-state index in [4.69, 9.17) is 0 Å². The Labute approximate surface area is 109 Å². The second kappa shape index (κ2) is 5.33. The maximum Gasteiger partial charge on any atom is -0.0221 e. The first kappa shape index (κ1) is 13.4. The molecule has 0 bridgehead atoms. The lowest BCUT2D eigenvalue weighted by molar-refractivity contribution is -0.0195. The van der Waals surface area contributed by atoms with Crippen LogP contribution in [-0.4, -0.2) is 0 Å². The molecule has 0 heteroatoms. The van der Waals surface area contributed by atoms with Gasteiger partial charge in [0.2, 0.25) is 0 Å². The van der Waals surface area contributed by atoms with E-state index in [1.165, 1.54) is 70.6 Å². The van der Waals surface area contributed by atoms with Crippen molar-refractivity contribution < 1.29 is 0 Å². The Hall–Kier alpha value is 0. The van der Waals surface area contributed by atoms with Crippen LogP contribution in [0.3, 0.4) is 0 Å². The molecule has 0 aromatic heterocycles. The third kappa shape index (κ3) is 2.71. The van der Waals surface area contributed by atoms with Gasteiger partial charge in [-0.15, -0.1) is 0 Å². The van der Waals surface area contributed by atoms with Crippen molar-refractivity contribution in [2.45, 2.75) is 91.4 Å². The molecule has 100 valence electrons. The molecule has 0 spiro atoms. The van der Waals surface area contributed by atoms with Gasteiger partial charge in [-0.2, -0.15) is 0 Å². The fraction of sp³-hybridized carbons (Fsp3) is 1.00. The summed E-state index contributed by atoms with van der Waals surface area (Å²) >= 11 is 0. The predicted octanol–water partition coefficient (Wildman–Crippen LogP) is 5.95. The first-order valence-corrected chi connectivity index (χ1v) is 8.06. The van der Waals surface area contributed by atoms with Gasteiger partial charge in [0.25, 0.3) is 0 Å². The Kier molecular flexibility index (Phi) is 4.21. The van der Waals surface area contributed by atoms with Crippen LogP contribution in [0.2, 0.25) is 0 Å². The summed E-state index contributed by atoms with van der Waals surface area (Å²) in [5.74, 6) is 1.04. The predicted molar refractivity (Wildman–Crippen MR) is 76.2 cm³/mol. The molecule has 0 heterocycles. The maximum atomic E-state index is 2.52. The lowest BCUT2D eigenvalue weighted by Gasteiger charge is -2.52. The van der Waals surface area contributed by atoms with Crippen LogP contribution in [0.25, 0.3) is 0 Å². The average molecular weight is 236 g/mol. The topological polar surface area (TPSA) is 0 Å². The minimum Gasteiger partial charge on any atom is -0.0596 e. The van der Waals surface area contributed by atoms with Gasteiger partial charge >= 0.3 is 0 Å². The van der Waals surface area contributed by atoms with E-state index in [-0.39, 0.29) is 0 Å². The minimum atomic E-state index is 0.513. The van der Waals surface area contributed by atoms with Gasteiger partial charge < -0.3 is 0 Å². The van der Waals surface area contributed by atoms with Crippen molar-refractivity contribution in [3.8, 4) is 0 Å². The fourth-order valence-corrected chi connectivity index (χ4v) is 4.79. The highest BCUT2D eigenvalue weighted by atomic mass is 14.5. The van der Waals surface area contributed by atoms with Crippen molar-refractivity contribution in [2.75, 3.05) is 0 Å². The zero-order valence-electron chi connectivity index (χ0n) is 12.4. The normalized spacial score (nSPS) is 27.7. The van der Waals surface area contributed by atoms with E-state index in [0.717, 1.165) is 5.92 Å². The molecule has 17 heavy (non-hydrogen) atoms. The molecule has 2 saturated carbocycles. The van der Waals surface area contributed by atoms with E-state index in [2.05, 4.69) is 20.8 Å². The summed E-state index contributed by atoms with van der Waals surface area (Å²) in [4.78, 5) is 0. The molecule has 0 atom stereocenters. The van der Waals surface area contributed by atoms with E-state index in [0.29, 0.717) is 10.8 Å². The highest BCUT2D eigenvalue weighted by molar-refractivity contribution is 4.97. The molecule has 2 aliphatic carbocycles. The molecule has 2 rings (SSSR count). The van der Waals surface area contributed by atoms with E-state index in [1.54, 1.807) is 0 Å². The van der Waals surface area contributed by atoms with Crippen LogP contribution in [0.15, 0.2) is 0 Å². The SMILES string of the molecule is CC(C)(C)C1(C2CCCCC2)CCCCCC1. The van der Waals surface area contributed by atoms with Gasteiger partial charge in [0, 0.05) is 0 Å². The maximum absolute atomic E-state index is 2.52. The monoisotopic (exact) mass is 236 g/mol. The van der Waals surface area contributed by atoms with E-state index in [9.17, 15) is 0 Å². The van der Waals surface area contributed by atoms with Crippen LogP contribution >= 0.6 is 0 Å². The molecule has 0 amide bonds. The largest absolute Gasteiger partial charge is 0.0596 e. The zero-order chi connectivity index (χ0) is 12.4. The van der Waals surface area contributed by atoms with Crippen molar-refractivity contribution in [2.24, 2.45) is 16.7 Å². The molecule has 0 unspecified atom stereocenters. The third-order valence-corrected chi connectivity index (χ3v) is 5.88. The molecular weight excluding hydrogens is 204 g/mol. The molecule has 0 N–H and O–H groups in total. The van der Waals surface area contributed by atoms with Crippen LogP contribution in [0.5, 0.6) is 0 Å². The van der Waals surface area contributed by atoms with Gasteiger partial charge in [-0.3, -0.25) is 0 Å². The molecule has 2 fully saturated rings. The lowest BCUT2D eigenvalue weighted by atomic mass is 9.53. The first-order chi connectivity index (χ1) is 8.06. The van der Waals surface area contributed by atoms with Crippen molar-refractivity contribution in [3.63, 3.8) is 0 Å². The molecule has 0 nitrogen and oxygen atoms in total. The molecule has 0 saturated heterocycles. The van der Waals surface area contributed by atoms with Crippen LogP contribution in [0, 0.1) is 16.7 Å². The second-order valence-electron chi connectivity index (χ2n) is 7.66. The summed E-state index contributed by atoms with van der Waals surface area (Å²) in [6.07, 6.45) is 16.6. The van der Waals surface area contributed by atoms with Gasteiger partial charge in [0.1, 0.15) is 0 Å². The zero-order valence-corrected chi connectivity index (χ0v) is 12.4. The summed E-state index contributed by atoms with van der Waals surface area (Å²) in [5.41, 5.74) is 1.18. The molecule has 0 aromatic carbocycles. The van der Waals surface area contributed by atoms with Crippen LogP contribution in [0.1, 0.15) is 91.4 Å². The van der Waals surface area contributed by atoms with E-state index < -0.39 is 0 Å².